The van der Waals surface area contributed by atoms with Crippen molar-refractivity contribution in [2.75, 3.05) is 0 Å². The zero-order valence-corrected chi connectivity index (χ0v) is 13.2. The Morgan fingerprint density at radius 2 is 2.22 bits per heavy atom. The molecule has 23 heavy (non-hydrogen) atoms. The van der Waals surface area contributed by atoms with E-state index in [1.54, 1.807) is 11.3 Å². The van der Waals surface area contributed by atoms with Gasteiger partial charge in [0.25, 0.3) is 11.5 Å². The summed E-state index contributed by atoms with van der Waals surface area (Å²) in [4.78, 5) is 31.1. The van der Waals surface area contributed by atoms with Gasteiger partial charge >= 0.3 is 0 Å². The lowest BCUT2D eigenvalue weighted by molar-refractivity contribution is 0.0949. The van der Waals surface area contributed by atoms with Gasteiger partial charge in [-0.1, -0.05) is 6.07 Å². The Bertz CT molecular complexity index is 940. The molecular weight excluding hydrogens is 310 g/mol. The number of aromatic amines is 1. The van der Waals surface area contributed by atoms with E-state index >= 15 is 0 Å². The first kappa shape index (κ1) is 14.1. The number of hydrogen-bond donors (Lipinski definition) is 2. The molecule has 1 amide bonds. The summed E-state index contributed by atoms with van der Waals surface area (Å²) in [5.41, 5.74) is 0.696. The third kappa shape index (κ3) is 2.90. The maximum atomic E-state index is 12.2. The first-order chi connectivity index (χ1) is 11.2. The number of fused-ring (bicyclic) bond motifs is 1. The van der Waals surface area contributed by atoms with Crippen LogP contribution in [0.3, 0.4) is 0 Å². The van der Waals surface area contributed by atoms with Crippen LogP contribution < -0.4 is 10.9 Å². The summed E-state index contributed by atoms with van der Waals surface area (Å²) in [7, 11) is 0. The fourth-order valence-corrected chi connectivity index (χ4v) is 3.31. The van der Waals surface area contributed by atoms with Gasteiger partial charge in [-0.3, -0.25) is 9.59 Å². The molecule has 116 valence electrons. The molecule has 4 rings (SSSR count). The Morgan fingerprint density at radius 3 is 3.00 bits per heavy atom. The van der Waals surface area contributed by atoms with E-state index in [1.807, 2.05) is 23.6 Å². The van der Waals surface area contributed by atoms with Crippen LogP contribution in [0.2, 0.25) is 0 Å². The first-order valence-corrected chi connectivity index (χ1v) is 8.42. The lowest BCUT2D eigenvalue weighted by atomic mass is 10.1. The van der Waals surface area contributed by atoms with Crippen LogP contribution in [-0.2, 0) is 6.54 Å². The standard InChI is InChI=1S/C17H15N3O2S/c21-16(13-9-18-15(11-2-3-11)20-17(13)22)19-8-10-1-4-14-12(7-10)5-6-23-14/h1,4-7,9,11H,2-3,8H2,(H,19,21)(H,18,20,22). The van der Waals surface area contributed by atoms with Crippen molar-refractivity contribution in [1.29, 1.82) is 0 Å². The quantitative estimate of drug-likeness (QED) is 0.774. The average molecular weight is 325 g/mol. The van der Waals surface area contributed by atoms with E-state index in [1.165, 1.54) is 10.9 Å². The fraction of sp³-hybridized carbons (Fsp3) is 0.235. The van der Waals surface area contributed by atoms with Gasteiger partial charge in [-0.25, -0.2) is 4.98 Å². The molecule has 0 bridgehead atoms. The molecule has 0 saturated heterocycles. The largest absolute Gasteiger partial charge is 0.348 e. The van der Waals surface area contributed by atoms with Gasteiger partial charge in [0.2, 0.25) is 0 Å². The van der Waals surface area contributed by atoms with E-state index in [2.05, 4.69) is 21.4 Å². The van der Waals surface area contributed by atoms with Crippen molar-refractivity contribution in [2.45, 2.75) is 25.3 Å². The number of carbonyl (C=O) groups is 1. The zero-order chi connectivity index (χ0) is 15.8. The third-order valence-corrected chi connectivity index (χ3v) is 4.90. The molecule has 0 atom stereocenters. The number of aromatic nitrogens is 2. The molecule has 2 aromatic heterocycles. The molecule has 2 heterocycles. The van der Waals surface area contributed by atoms with E-state index in [9.17, 15) is 9.59 Å². The van der Waals surface area contributed by atoms with Crippen molar-refractivity contribution in [3.05, 3.63) is 63.1 Å². The minimum Gasteiger partial charge on any atom is -0.348 e. The Balaban J connectivity index is 1.47. The maximum Gasteiger partial charge on any atom is 0.263 e. The summed E-state index contributed by atoms with van der Waals surface area (Å²) in [6, 6.07) is 8.12. The monoisotopic (exact) mass is 325 g/mol. The number of benzene rings is 1. The topological polar surface area (TPSA) is 74.8 Å². The highest BCUT2D eigenvalue weighted by atomic mass is 32.1. The summed E-state index contributed by atoms with van der Waals surface area (Å²) in [5, 5.41) is 5.99. The van der Waals surface area contributed by atoms with Crippen LogP contribution >= 0.6 is 11.3 Å². The van der Waals surface area contributed by atoms with Crippen LogP contribution in [0.15, 0.2) is 40.6 Å². The van der Waals surface area contributed by atoms with Crippen LogP contribution in [0.1, 0.15) is 40.5 Å². The fourth-order valence-electron chi connectivity index (χ4n) is 2.54. The van der Waals surface area contributed by atoms with Gasteiger partial charge in [0.15, 0.2) is 0 Å². The van der Waals surface area contributed by atoms with Crippen LogP contribution in [0.25, 0.3) is 10.1 Å². The number of nitrogens with one attached hydrogen (secondary N) is 2. The van der Waals surface area contributed by atoms with Crippen molar-refractivity contribution < 1.29 is 4.79 Å². The molecule has 0 spiro atoms. The second-order valence-electron chi connectivity index (χ2n) is 5.76. The van der Waals surface area contributed by atoms with Gasteiger partial charge in [-0.15, -0.1) is 11.3 Å². The van der Waals surface area contributed by atoms with Crippen molar-refractivity contribution in [2.24, 2.45) is 0 Å². The summed E-state index contributed by atoms with van der Waals surface area (Å²) in [6.45, 7) is 0.383. The third-order valence-electron chi connectivity index (χ3n) is 4.00. The Labute approximate surface area is 136 Å². The number of carbonyl (C=O) groups excluding carboxylic acids is 1. The maximum absolute atomic E-state index is 12.2. The highest BCUT2D eigenvalue weighted by molar-refractivity contribution is 7.17. The molecule has 0 unspecified atom stereocenters. The summed E-state index contributed by atoms with van der Waals surface area (Å²) < 4.78 is 1.22. The number of amides is 1. The van der Waals surface area contributed by atoms with E-state index in [-0.39, 0.29) is 11.1 Å². The Kier molecular flexibility index (Phi) is 3.46. The molecular formula is C17H15N3O2S. The minimum absolute atomic E-state index is 0.0611. The average Bonchev–Trinajstić information content (AvgIpc) is 3.30. The molecule has 3 aromatic rings. The second kappa shape index (κ2) is 5.62. The molecule has 1 fully saturated rings. The highest BCUT2D eigenvalue weighted by Gasteiger charge is 2.26. The lowest BCUT2D eigenvalue weighted by Crippen LogP contribution is -2.30. The van der Waals surface area contributed by atoms with E-state index < -0.39 is 5.91 Å². The molecule has 1 aromatic carbocycles. The van der Waals surface area contributed by atoms with Crippen LogP contribution in [0.4, 0.5) is 0 Å². The Hall–Kier alpha value is -2.47. The van der Waals surface area contributed by atoms with Crippen LogP contribution in [0.5, 0.6) is 0 Å². The second-order valence-corrected chi connectivity index (χ2v) is 6.71. The van der Waals surface area contributed by atoms with Crippen molar-refractivity contribution >= 4 is 27.3 Å². The number of thiophene rings is 1. The molecule has 5 nitrogen and oxygen atoms in total. The zero-order valence-electron chi connectivity index (χ0n) is 12.3. The molecule has 1 aliphatic rings. The molecule has 0 aliphatic heterocycles. The van der Waals surface area contributed by atoms with Crippen molar-refractivity contribution in [3.8, 4) is 0 Å². The van der Waals surface area contributed by atoms with Crippen LogP contribution in [-0.4, -0.2) is 15.9 Å². The predicted octanol–water partition coefficient (Wildman–Crippen LogP) is 2.79. The number of H-pyrrole nitrogens is 1. The normalized spacial score (nSPS) is 14.1. The lowest BCUT2D eigenvalue weighted by Gasteiger charge is -2.06. The van der Waals surface area contributed by atoms with E-state index in [0.29, 0.717) is 18.3 Å². The predicted molar refractivity (Wildman–Crippen MR) is 89.8 cm³/mol. The van der Waals surface area contributed by atoms with E-state index in [0.717, 1.165) is 23.8 Å². The van der Waals surface area contributed by atoms with Crippen molar-refractivity contribution in [3.63, 3.8) is 0 Å². The Morgan fingerprint density at radius 1 is 1.35 bits per heavy atom. The SMILES string of the molecule is O=C(NCc1ccc2sccc2c1)c1cnc(C2CC2)[nH]c1=O. The van der Waals surface area contributed by atoms with Gasteiger partial charge in [0.1, 0.15) is 11.4 Å². The van der Waals surface area contributed by atoms with Gasteiger partial charge in [0.05, 0.1) is 0 Å². The van der Waals surface area contributed by atoms with Gasteiger partial charge in [-0.2, -0.15) is 0 Å². The first-order valence-electron chi connectivity index (χ1n) is 7.54. The summed E-state index contributed by atoms with van der Waals surface area (Å²) >= 11 is 1.69. The minimum atomic E-state index is -0.397. The molecule has 1 aliphatic carbocycles. The van der Waals surface area contributed by atoms with Gasteiger partial charge in [0, 0.05) is 23.4 Å². The molecule has 1 saturated carbocycles. The molecule has 0 radical (unpaired) electrons. The van der Waals surface area contributed by atoms with E-state index in [4.69, 9.17) is 0 Å². The summed E-state index contributed by atoms with van der Waals surface area (Å²) in [6.07, 6.45) is 3.49. The van der Waals surface area contributed by atoms with Gasteiger partial charge < -0.3 is 10.3 Å². The smallest absolute Gasteiger partial charge is 0.263 e. The molecule has 2 N–H and O–H groups in total. The molecule has 6 heteroatoms. The number of hydrogen-bond acceptors (Lipinski definition) is 4. The van der Waals surface area contributed by atoms with Gasteiger partial charge in [-0.05, 0) is 47.4 Å². The van der Waals surface area contributed by atoms with Crippen molar-refractivity contribution in [1.82, 2.24) is 15.3 Å². The highest BCUT2D eigenvalue weighted by Crippen LogP contribution is 2.37. The van der Waals surface area contributed by atoms with Crippen LogP contribution in [0, 0.1) is 0 Å². The number of rotatable bonds is 4. The summed E-state index contributed by atoms with van der Waals surface area (Å²) in [5.74, 6) is 0.651. The number of nitrogens with zero attached hydrogens (tertiary/aromatic N) is 1.